The summed E-state index contributed by atoms with van der Waals surface area (Å²) < 4.78 is 0. The Morgan fingerprint density at radius 2 is 2.04 bits per heavy atom. The van der Waals surface area contributed by atoms with E-state index in [1.165, 1.54) is 12.8 Å². The van der Waals surface area contributed by atoms with E-state index in [4.69, 9.17) is 0 Å². The van der Waals surface area contributed by atoms with Gasteiger partial charge in [0.05, 0.1) is 17.4 Å². The maximum Gasteiger partial charge on any atom is 0.258 e. The average Bonchev–Trinajstić information content (AvgIpc) is 3.05. The van der Waals surface area contributed by atoms with Crippen LogP contribution in [-0.2, 0) is 11.3 Å². The fourth-order valence-corrected chi connectivity index (χ4v) is 3.36. The number of rotatable bonds is 5. The average molecular weight is 313 g/mol. The van der Waals surface area contributed by atoms with Crippen LogP contribution in [0.1, 0.15) is 44.9 Å². The summed E-state index contributed by atoms with van der Waals surface area (Å²) in [5.74, 6) is 1.24. The van der Waals surface area contributed by atoms with E-state index in [0.29, 0.717) is 42.2 Å². The van der Waals surface area contributed by atoms with Crippen LogP contribution in [0.2, 0.25) is 0 Å². The number of carbonyl (C=O) groups excluding carboxylic acids is 1. The number of fused-ring (bicyclic) bond motifs is 1. The number of H-pyrrole nitrogens is 1. The van der Waals surface area contributed by atoms with Crippen LogP contribution in [-0.4, -0.2) is 27.3 Å². The summed E-state index contributed by atoms with van der Waals surface area (Å²) in [7, 11) is 0. The molecule has 1 aliphatic carbocycles. The van der Waals surface area contributed by atoms with Gasteiger partial charge in [-0.15, -0.1) is 0 Å². The molecule has 1 N–H and O–H groups in total. The lowest BCUT2D eigenvalue weighted by Gasteiger charge is -2.22. The van der Waals surface area contributed by atoms with Gasteiger partial charge in [-0.3, -0.25) is 9.59 Å². The van der Waals surface area contributed by atoms with E-state index in [1.807, 2.05) is 25.1 Å². The van der Waals surface area contributed by atoms with Gasteiger partial charge in [-0.05, 0) is 37.8 Å². The Balaban J connectivity index is 1.75. The molecule has 5 nitrogen and oxygen atoms in total. The molecule has 0 aliphatic heterocycles. The Bertz CT molecular complexity index is 747. The van der Waals surface area contributed by atoms with Gasteiger partial charge in [0.25, 0.3) is 5.56 Å². The summed E-state index contributed by atoms with van der Waals surface area (Å²) in [6, 6.07) is 7.27. The summed E-state index contributed by atoms with van der Waals surface area (Å²) in [6.07, 6.45) is 5.42. The highest BCUT2D eigenvalue weighted by molar-refractivity contribution is 5.78. The first kappa shape index (κ1) is 15.7. The third-order valence-electron chi connectivity index (χ3n) is 4.68. The molecule has 0 spiro atoms. The van der Waals surface area contributed by atoms with Crippen molar-refractivity contribution in [1.29, 1.82) is 0 Å². The van der Waals surface area contributed by atoms with E-state index in [2.05, 4.69) is 9.97 Å². The first-order chi connectivity index (χ1) is 11.2. The van der Waals surface area contributed by atoms with Crippen molar-refractivity contribution < 1.29 is 4.79 Å². The number of para-hydroxylation sites is 1. The molecule has 0 bridgehead atoms. The van der Waals surface area contributed by atoms with Crippen LogP contribution in [0, 0.1) is 5.92 Å². The number of carbonyl (C=O) groups is 1. The standard InChI is InChI=1S/C18H23N3O2/c1-2-21(17(22)11-13-7-3-4-8-13)12-16-19-15-10-6-5-9-14(15)18(23)20-16/h5-6,9-10,13H,2-4,7-8,11-12H2,1H3,(H,19,20,23). The lowest BCUT2D eigenvalue weighted by Crippen LogP contribution is -2.32. The molecule has 1 amide bonds. The van der Waals surface area contributed by atoms with Crippen molar-refractivity contribution in [2.45, 2.75) is 45.6 Å². The number of hydrogen-bond donors (Lipinski definition) is 1. The first-order valence-corrected chi connectivity index (χ1v) is 8.43. The van der Waals surface area contributed by atoms with Crippen molar-refractivity contribution in [2.75, 3.05) is 6.54 Å². The van der Waals surface area contributed by atoms with Gasteiger partial charge in [-0.1, -0.05) is 25.0 Å². The Morgan fingerprint density at radius 1 is 1.30 bits per heavy atom. The number of benzene rings is 1. The van der Waals surface area contributed by atoms with Gasteiger partial charge in [-0.2, -0.15) is 0 Å². The molecule has 0 radical (unpaired) electrons. The highest BCUT2D eigenvalue weighted by atomic mass is 16.2. The Hall–Kier alpha value is -2.17. The van der Waals surface area contributed by atoms with Crippen LogP contribution < -0.4 is 5.56 Å². The molecule has 1 saturated carbocycles. The molecular formula is C18H23N3O2. The van der Waals surface area contributed by atoms with Crippen molar-refractivity contribution in [1.82, 2.24) is 14.9 Å². The Kier molecular flexibility index (Phi) is 4.74. The van der Waals surface area contributed by atoms with Crippen LogP contribution >= 0.6 is 0 Å². The Labute approximate surface area is 135 Å². The van der Waals surface area contributed by atoms with Crippen LogP contribution in [0.5, 0.6) is 0 Å². The van der Waals surface area contributed by atoms with E-state index in [-0.39, 0.29) is 11.5 Å². The van der Waals surface area contributed by atoms with E-state index in [1.54, 1.807) is 11.0 Å². The minimum Gasteiger partial charge on any atom is -0.335 e. The second-order valence-electron chi connectivity index (χ2n) is 6.29. The molecule has 5 heteroatoms. The summed E-state index contributed by atoms with van der Waals surface area (Å²) in [5, 5.41) is 0.580. The SMILES string of the molecule is CCN(Cc1nc2ccccc2c(=O)[nH]1)C(=O)CC1CCCC1. The van der Waals surface area contributed by atoms with Gasteiger partial charge in [0.15, 0.2) is 0 Å². The first-order valence-electron chi connectivity index (χ1n) is 8.43. The lowest BCUT2D eigenvalue weighted by molar-refractivity contribution is -0.132. The summed E-state index contributed by atoms with van der Waals surface area (Å²) in [4.78, 5) is 33.7. The third-order valence-corrected chi connectivity index (χ3v) is 4.68. The molecule has 0 saturated heterocycles. The zero-order valence-corrected chi connectivity index (χ0v) is 13.5. The molecule has 122 valence electrons. The molecular weight excluding hydrogens is 290 g/mol. The maximum atomic E-state index is 12.5. The normalized spacial score (nSPS) is 15.2. The van der Waals surface area contributed by atoms with Gasteiger partial charge >= 0.3 is 0 Å². The van der Waals surface area contributed by atoms with Gasteiger partial charge in [0, 0.05) is 13.0 Å². The minimum absolute atomic E-state index is 0.148. The number of nitrogens with one attached hydrogen (secondary N) is 1. The number of amides is 1. The van der Waals surface area contributed by atoms with Gasteiger partial charge < -0.3 is 9.88 Å². The number of aromatic nitrogens is 2. The zero-order valence-electron chi connectivity index (χ0n) is 13.5. The van der Waals surface area contributed by atoms with Crippen molar-refractivity contribution >= 4 is 16.8 Å². The summed E-state index contributed by atoms with van der Waals surface area (Å²) >= 11 is 0. The van der Waals surface area contributed by atoms with Crippen LogP contribution in [0.15, 0.2) is 29.1 Å². The second kappa shape index (κ2) is 6.94. The van der Waals surface area contributed by atoms with Crippen LogP contribution in [0.4, 0.5) is 0 Å². The van der Waals surface area contributed by atoms with Crippen molar-refractivity contribution in [3.8, 4) is 0 Å². The largest absolute Gasteiger partial charge is 0.335 e. The quantitative estimate of drug-likeness (QED) is 0.923. The Morgan fingerprint density at radius 3 is 2.78 bits per heavy atom. The van der Waals surface area contributed by atoms with E-state index < -0.39 is 0 Å². The van der Waals surface area contributed by atoms with E-state index >= 15 is 0 Å². The number of hydrogen-bond acceptors (Lipinski definition) is 3. The molecule has 3 rings (SSSR count). The van der Waals surface area contributed by atoms with E-state index in [0.717, 1.165) is 12.8 Å². The molecule has 1 fully saturated rings. The summed E-state index contributed by atoms with van der Waals surface area (Å²) in [5.41, 5.74) is 0.524. The van der Waals surface area contributed by atoms with Crippen LogP contribution in [0.3, 0.4) is 0 Å². The van der Waals surface area contributed by atoms with Crippen molar-refractivity contribution in [2.24, 2.45) is 5.92 Å². The molecule has 1 heterocycles. The van der Waals surface area contributed by atoms with Gasteiger partial charge in [0.2, 0.25) is 5.91 Å². The molecule has 1 aromatic carbocycles. The topological polar surface area (TPSA) is 66.1 Å². The second-order valence-corrected chi connectivity index (χ2v) is 6.29. The predicted octanol–water partition coefficient (Wildman–Crippen LogP) is 2.85. The third kappa shape index (κ3) is 3.60. The van der Waals surface area contributed by atoms with Crippen molar-refractivity contribution in [3.63, 3.8) is 0 Å². The summed E-state index contributed by atoms with van der Waals surface area (Å²) in [6.45, 7) is 2.95. The fourth-order valence-electron chi connectivity index (χ4n) is 3.36. The lowest BCUT2D eigenvalue weighted by atomic mass is 10.0. The van der Waals surface area contributed by atoms with Gasteiger partial charge in [0.1, 0.15) is 5.82 Å². The van der Waals surface area contributed by atoms with Gasteiger partial charge in [-0.25, -0.2) is 4.98 Å². The molecule has 2 aromatic rings. The minimum atomic E-state index is -0.148. The monoisotopic (exact) mass is 313 g/mol. The van der Waals surface area contributed by atoms with Crippen LogP contribution in [0.25, 0.3) is 10.9 Å². The highest BCUT2D eigenvalue weighted by Gasteiger charge is 2.22. The maximum absolute atomic E-state index is 12.5. The smallest absolute Gasteiger partial charge is 0.258 e. The van der Waals surface area contributed by atoms with E-state index in [9.17, 15) is 9.59 Å². The predicted molar refractivity (Wildman–Crippen MR) is 90.0 cm³/mol. The highest BCUT2D eigenvalue weighted by Crippen LogP contribution is 2.28. The van der Waals surface area contributed by atoms with Crippen molar-refractivity contribution in [3.05, 3.63) is 40.4 Å². The molecule has 1 aromatic heterocycles. The molecule has 0 unspecified atom stereocenters. The number of aromatic amines is 1. The number of nitrogens with zero attached hydrogens (tertiary/aromatic N) is 2. The molecule has 1 aliphatic rings. The zero-order chi connectivity index (χ0) is 16.2. The molecule has 23 heavy (non-hydrogen) atoms. The fraction of sp³-hybridized carbons (Fsp3) is 0.500. The molecule has 0 atom stereocenters.